The fourth-order valence-corrected chi connectivity index (χ4v) is 3.84. The molecular formula is C21H31N3O2. The van der Waals surface area contributed by atoms with E-state index in [2.05, 4.69) is 17.1 Å². The highest BCUT2D eigenvalue weighted by Gasteiger charge is 2.24. The predicted octanol–water partition coefficient (Wildman–Crippen LogP) is 2.39. The Labute approximate surface area is 156 Å². The molecule has 0 saturated carbocycles. The average Bonchev–Trinajstić information content (AvgIpc) is 2.69. The van der Waals surface area contributed by atoms with Crippen molar-refractivity contribution in [2.24, 2.45) is 11.8 Å². The summed E-state index contributed by atoms with van der Waals surface area (Å²) in [5.41, 5.74) is 0.759. The zero-order valence-electron chi connectivity index (χ0n) is 15.8. The third-order valence-electron chi connectivity index (χ3n) is 5.75. The van der Waals surface area contributed by atoms with Crippen molar-refractivity contribution < 1.29 is 9.59 Å². The lowest BCUT2D eigenvalue weighted by atomic mass is 9.96. The van der Waals surface area contributed by atoms with E-state index in [0.29, 0.717) is 12.5 Å². The number of piperidine rings is 2. The number of nitrogens with zero attached hydrogens (tertiary/aromatic N) is 2. The molecule has 2 heterocycles. The second-order valence-electron chi connectivity index (χ2n) is 7.86. The van der Waals surface area contributed by atoms with Gasteiger partial charge < -0.3 is 10.2 Å². The number of benzene rings is 1. The highest BCUT2D eigenvalue weighted by atomic mass is 16.2. The summed E-state index contributed by atoms with van der Waals surface area (Å²) in [4.78, 5) is 28.8. The number of carbonyl (C=O) groups is 2. The smallest absolute Gasteiger partial charge is 0.253 e. The fourth-order valence-electron chi connectivity index (χ4n) is 3.84. The number of likely N-dealkylation sites (tertiary alicyclic amines) is 2. The number of rotatable bonds is 5. The van der Waals surface area contributed by atoms with Crippen molar-refractivity contribution in [2.75, 3.05) is 39.3 Å². The minimum absolute atomic E-state index is 0.118. The van der Waals surface area contributed by atoms with Crippen LogP contribution in [0.2, 0.25) is 0 Å². The Morgan fingerprint density at radius 3 is 2.31 bits per heavy atom. The Hall–Kier alpha value is -1.88. The lowest BCUT2D eigenvalue weighted by Crippen LogP contribution is -2.44. The Morgan fingerprint density at radius 2 is 1.65 bits per heavy atom. The highest BCUT2D eigenvalue weighted by molar-refractivity contribution is 5.94. The lowest BCUT2D eigenvalue weighted by Gasteiger charge is -2.32. The van der Waals surface area contributed by atoms with Gasteiger partial charge >= 0.3 is 0 Å². The van der Waals surface area contributed by atoms with Gasteiger partial charge in [-0.3, -0.25) is 14.5 Å². The van der Waals surface area contributed by atoms with Crippen LogP contribution in [0.1, 0.15) is 43.0 Å². The Balaban J connectivity index is 1.35. The van der Waals surface area contributed by atoms with Crippen molar-refractivity contribution in [3.8, 4) is 0 Å². The summed E-state index contributed by atoms with van der Waals surface area (Å²) in [5, 5.41) is 3.10. The third-order valence-corrected chi connectivity index (χ3v) is 5.75. The molecular weight excluding hydrogens is 326 g/mol. The molecule has 0 aromatic heterocycles. The number of hydrogen-bond donors (Lipinski definition) is 1. The molecule has 5 nitrogen and oxygen atoms in total. The highest BCUT2D eigenvalue weighted by Crippen LogP contribution is 2.19. The van der Waals surface area contributed by atoms with Crippen molar-refractivity contribution in [3.05, 3.63) is 35.9 Å². The van der Waals surface area contributed by atoms with Gasteiger partial charge in [-0.25, -0.2) is 0 Å². The first-order valence-electron chi connectivity index (χ1n) is 9.95. The number of nitrogens with one attached hydrogen (secondary N) is 1. The van der Waals surface area contributed by atoms with Gasteiger partial charge in [-0.1, -0.05) is 25.1 Å². The van der Waals surface area contributed by atoms with Crippen LogP contribution in [0.15, 0.2) is 30.3 Å². The molecule has 0 bridgehead atoms. The molecule has 1 aromatic carbocycles. The van der Waals surface area contributed by atoms with E-state index >= 15 is 0 Å². The van der Waals surface area contributed by atoms with Crippen molar-refractivity contribution in [3.63, 3.8) is 0 Å². The maximum atomic E-state index is 12.5. The molecule has 2 amide bonds. The minimum Gasteiger partial charge on any atom is -0.355 e. The molecule has 2 aliphatic heterocycles. The van der Waals surface area contributed by atoms with Gasteiger partial charge in [-0.05, 0) is 62.7 Å². The first kappa shape index (κ1) is 18.9. The summed E-state index contributed by atoms with van der Waals surface area (Å²) in [6.07, 6.45) is 4.31. The van der Waals surface area contributed by atoms with Gasteiger partial charge in [0.25, 0.3) is 5.91 Å². The van der Waals surface area contributed by atoms with Crippen LogP contribution in [0.5, 0.6) is 0 Å². The number of hydrogen-bond acceptors (Lipinski definition) is 3. The van der Waals surface area contributed by atoms with Crippen molar-refractivity contribution in [1.82, 2.24) is 15.1 Å². The molecule has 1 aromatic rings. The SMILES string of the molecule is CC1CCN(CC(=O)NCC2CCN(C(=O)c3ccccc3)CC2)CC1. The molecule has 0 atom stereocenters. The second-order valence-corrected chi connectivity index (χ2v) is 7.86. The molecule has 3 rings (SSSR count). The summed E-state index contributed by atoms with van der Waals surface area (Å²) in [6, 6.07) is 9.47. The van der Waals surface area contributed by atoms with Crippen molar-refractivity contribution in [2.45, 2.75) is 32.6 Å². The summed E-state index contributed by atoms with van der Waals surface area (Å²) in [6.45, 7) is 7.17. The molecule has 0 spiro atoms. The third kappa shape index (κ3) is 5.31. The number of carbonyl (C=O) groups excluding carboxylic acids is 2. The quantitative estimate of drug-likeness (QED) is 0.880. The van der Waals surface area contributed by atoms with E-state index in [1.807, 2.05) is 35.2 Å². The van der Waals surface area contributed by atoms with E-state index in [4.69, 9.17) is 0 Å². The first-order chi connectivity index (χ1) is 12.6. The van der Waals surface area contributed by atoms with Crippen LogP contribution in [0.4, 0.5) is 0 Å². The van der Waals surface area contributed by atoms with Crippen molar-refractivity contribution in [1.29, 1.82) is 0 Å². The largest absolute Gasteiger partial charge is 0.355 e. The Morgan fingerprint density at radius 1 is 1.00 bits per heavy atom. The molecule has 2 saturated heterocycles. The van der Waals surface area contributed by atoms with Crippen LogP contribution in [0.3, 0.4) is 0 Å². The van der Waals surface area contributed by atoms with Crippen molar-refractivity contribution >= 4 is 11.8 Å². The molecule has 0 unspecified atom stereocenters. The number of amides is 2. The van der Waals surface area contributed by atoms with E-state index in [1.54, 1.807) is 0 Å². The minimum atomic E-state index is 0.118. The van der Waals surface area contributed by atoms with Gasteiger partial charge in [0.1, 0.15) is 0 Å². The maximum absolute atomic E-state index is 12.5. The van der Waals surface area contributed by atoms with Crippen LogP contribution >= 0.6 is 0 Å². The van der Waals surface area contributed by atoms with Crippen LogP contribution in [-0.4, -0.2) is 60.9 Å². The van der Waals surface area contributed by atoms with Crippen LogP contribution in [-0.2, 0) is 4.79 Å². The average molecular weight is 357 g/mol. The van der Waals surface area contributed by atoms with E-state index in [0.717, 1.165) is 57.0 Å². The zero-order chi connectivity index (χ0) is 18.4. The first-order valence-corrected chi connectivity index (χ1v) is 9.95. The van der Waals surface area contributed by atoms with Gasteiger partial charge in [0, 0.05) is 25.2 Å². The molecule has 26 heavy (non-hydrogen) atoms. The fraction of sp³-hybridized carbons (Fsp3) is 0.619. The molecule has 0 aliphatic carbocycles. The Bertz CT molecular complexity index is 589. The summed E-state index contributed by atoms with van der Waals surface area (Å²) in [7, 11) is 0. The van der Waals surface area contributed by atoms with E-state index in [-0.39, 0.29) is 11.8 Å². The van der Waals surface area contributed by atoms with Gasteiger partial charge in [0.15, 0.2) is 0 Å². The summed E-state index contributed by atoms with van der Waals surface area (Å²) >= 11 is 0. The molecule has 5 heteroatoms. The molecule has 0 radical (unpaired) electrons. The van der Waals surface area contributed by atoms with Crippen LogP contribution in [0.25, 0.3) is 0 Å². The standard InChI is InChI=1S/C21H31N3O2/c1-17-7-11-23(12-8-17)16-20(25)22-15-18-9-13-24(14-10-18)21(26)19-5-3-2-4-6-19/h2-6,17-18H,7-16H2,1H3,(H,22,25). The van der Waals surface area contributed by atoms with E-state index in [9.17, 15) is 9.59 Å². The Kier molecular flexibility index (Phi) is 6.67. The summed E-state index contributed by atoms with van der Waals surface area (Å²) in [5.74, 6) is 1.52. The van der Waals surface area contributed by atoms with Gasteiger partial charge in [0.05, 0.1) is 6.54 Å². The van der Waals surface area contributed by atoms with Crippen LogP contribution in [0, 0.1) is 11.8 Å². The van der Waals surface area contributed by atoms with E-state index in [1.165, 1.54) is 12.8 Å². The zero-order valence-corrected chi connectivity index (χ0v) is 15.8. The molecule has 142 valence electrons. The molecule has 1 N–H and O–H groups in total. The normalized spacial score (nSPS) is 20.1. The second kappa shape index (κ2) is 9.17. The lowest BCUT2D eigenvalue weighted by molar-refractivity contribution is -0.122. The molecule has 2 aliphatic rings. The maximum Gasteiger partial charge on any atom is 0.253 e. The topological polar surface area (TPSA) is 52.7 Å². The van der Waals surface area contributed by atoms with E-state index < -0.39 is 0 Å². The van der Waals surface area contributed by atoms with Crippen LogP contribution < -0.4 is 5.32 Å². The molecule has 2 fully saturated rings. The predicted molar refractivity (Wildman–Crippen MR) is 103 cm³/mol. The van der Waals surface area contributed by atoms with Gasteiger partial charge in [-0.15, -0.1) is 0 Å². The van der Waals surface area contributed by atoms with Gasteiger partial charge in [0.2, 0.25) is 5.91 Å². The summed E-state index contributed by atoms with van der Waals surface area (Å²) < 4.78 is 0. The van der Waals surface area contributed by atoms with Gasteiger partial charge in [-0.2, -0.15) is 0 Å². The monoisotopic (exact) mass is 357 g/mol.